The molecule has 24 rings (SSSR count). The van der Waals surface area contributed by atoms with Gasteiger partial charge in [0.25, 0.3) is 0 Å². The third-order valence-electron chi connectivity index (χ3n) is 32.8. The van der Waals surface area contributed by atoms with Gasteiger partial charge in [0.2, 0.25) is 23.6 Å². The molecule has 22 nitrogen and oxygen atoms in total. The number of likely N-dealkylation sites (tertiary alicyclic amines) is 5. The Labute approximate surface area is 820 Å². The van der Waals surface area contributed by atoms with E-state index in [-0.39, 0.29) is 79.1 Å². The summed E-state index contributed by atoms with van der Waals surface area (Å²) < 4.78 is 87.6. The lowest BCUT2D eigenvalue weighted by atomic mass is 9.73. The third kappa shape index (κ3) is 18.0. The van der Waals surface area contributed by atoms with Crippen molar-refractivity contribution in [3.63, 3.8) is 0 Å². The number of halogens is 5. The maximum Gasteiger partial charge on any atom is 0.238 e. The second kappa shape index (κ2) is 39.6. The largest absolute Gasteiger partial charge is 0.378 e. The van der Waals surface area contributed by atoms with E-state index in [1.54, 1.807) is 83.6 Å². The van der Waals surface area contributed by atoms with Crippen molar-refractivity contribution < 1.29 is 45.9 Å². The van der Waals surface area contributed by atoms with Gasteiger partial charge in [-0.3, -0.25) is 57.5 Å². The van der Waals surface area contributed by atoms with Crippen LogP contribution in [0.2, 0.25) is 0 Å². The highest BCUT2D eigenvalue weighted by molar-refractivity contribution is 7.99. The van der Waals surface area contributed by atoms with E-state index >= 15 is 17.6 Å². The maximum atomic E-state index is 15.2. The molecule has 4 spiro atoms. The number of alkyl halides is 1. The fraction of sp³-hybridized carbons (Fsp3) is 0.429. The number of hydrogen-bond donors (Lipinski definition) is 0. The molecule has 11 aliphatic heterocycles. The van der Waals surface area contributed by atoms with E-state index in [2.05, 4.69) is 81.9 Å². The van der Waals surface area contributed by atoms with E-state index in [0.717, 1.165) is 206 Å². The number of rotatable bonds is 16. The van der Waals surface area contributed by atoms with Crippen LogP contribution in [0.25, 0.3) is 44.5 Å². The fourth-order valence-corrected chi connectivity index (χ4v) is 25.9. The van der Waals surface area contributed by atoms with E-state index in [1.165, 1.54) is 55.9 Å². The summed E-state index contributed by atoms with van der Waals surface area (Å²) in [7, 11) is 9.56. The molecule has 0 bridgehead atoms. The van der Waals surface area contributed by atoms with Crippen LogP contribution in [0.1, 0.15) is 147 Å². The van der Waals surface area contributed by atoms with Crippen molar-refractivity contribution in [2.45, 2.75) is 181 Å². The van der Waals surface area contributed by atoms with E-state index < -0.39 is 27.8 Å². The number of likely N-dealkylation sites (N-methyl/N-ethyl adjacent to an activating group) is 1. The number of piperidine rings is 5. The Balaban J connectivity index is 0.000000111. The normalized spacial score (nSPS) is 22.2. The lowest BCUT2D eigenvalue weighted by Gasteiger charge is -2.44. The van der Waals surface area contributed by atoms with Crippen molar-refractivity contribution in [1.29, 1.82) is 0 Å². The van der Waals surface area contributed by atoms with E-state index in [4.69, 9.17) is 4.74 Å². The molecule has 1 aliphatic carbocycles. The van der Waals surface area contributed by atoms with Crippen molar-refractivity contribution in [1.82, 2.24) is 63.6 Å². The zero-order chi connectivity index (χ0) is 96.3. The van der Waals surface area contributed by atoms with Gasteiger partial charge in [-0.2, -0.15) is 32.2 Å². The quantitative estimate of drug-likeness (QED) is 0.0834. The zero-order valence-corrected chi connectivity index (χ0v) is 81.5. The van der Waals surface area contributed by atoms with E-state index in [9.17, 15) is 23.6 Å². The molecular weight excluding hydrogens is 1790 g/mol. The molecule has 0 radical (unpaired) electrons. The summed E-state index contributed by atoms with van der Waals surface area (Å²) in [4.78, 5) is 75.4. The Morgan fingerprint density at radius 1 is 0.343 bits per heavy atom. The van der Waals surface area contributed by atoms with Crippen LogP contribution in [0.4, 0.5) is 44.7 Å². The lowest BCUT2D eigenvalue weighted by molar-refractivity contribution is -0.127. The molecule has 728 valence electrons. The zero-order valence-electron chi connectivity index (χ0n) is 80.7. The van der Waals surface area contributed by atoms with E-state index in [1.807, 2.05) is 172 Å². The van der Waals surface area contributed by atoms with Crippen LogP contribution in [-0.2, 0) is 99.9 Å². The Bertz CT molecular complexity index is 6570. The average molecular weight is 1920 g/mol. The molecule has 28 heteroatoms. The van der Waals surface area contributed by atoms with Gasteiger partial charge in [-0.25, -0.2) is 22.0 Å². The SMILES string of the molecule is CN1CCCC(N2CCC3(CC2)C(=O)N(Cc2ccc(-c4cnn(C)c4)cc2F)c2ccccc23)C1.Cn1cc(-c2ccc(CN3C(=O)C4(CCN(C5CCCCC5F)CC4)c4ccccc43)c(F)c2)cn1.Cn1cc(-c2ccc(CN3C(=O)C4(CCN(C5CCCSC5)CC4)c4ccccc43)c(F)c2)cn1.Cn1cc(-c2ccc(CN3C(=O)C4(CCN(C5COC5)CC4)c4ccccc43)c(F)c2)cn1. The fourth-order valence-electron chi connectivity index (χ4n) is 24.7. The van der Waals surface area contributed by atoms with Gasteiger partial charge in [-0.1, -0.05) is 134 Å². The molecule has 4 aromatic heterocycles. The number of hydrogen-bond acceptors (Lipinski definition) is 15. The van der Waals surface area contributed by atoms with Crippen molar-refractivity contribution in [3.05, 3.63) is 287 Å². The minimum absolute atomic E-state index is 0.0219. The number of amides is 4. The van der Waals surface area contributed by atoms with Gasteiger partial charge in [-0.05, 0) is 255 Å². The van der Waals surface area contributed by atoms with Crippen LogP contribution in [0.5, 0.6) is 0 Å². The summed E-state index contributed by atoms with van der Waals surface area (Å²) >= 11 is 2.06. The maximum absolute atomic E-state index is 15.2. The Morgan fingerprint density at radius 2 is 0.650 bits per heavy atom. The summed E-state index contributed by atoms with van der Waals surface area (Å²) in [5, 5.41) is 16.7. The number of fused-ring (bicyclic) bond motifs is 8. The first-order valence-corrected chi connectivity index (χ1v) is 51.4. The lowest BCUT2D eigenvalue weighted by Crippen LogP contribution is -2.56. The summed E-state index contributed by atoms with van der Waals surface area (Å²) in [6.45, 7) is 11.7. The molecule has 4 atom stereocenters. The van der Waals surface area contributed by atoms with Crippen LogP contribution < -0.4 is 19.6 Å². The Kier molecular flexibility index (Phi) is 26.7. The number of ether oxygens (including phenoxy) is 1. The summed E-state index contributed by atoms with van der Waals surface area (Å²) in [5.74, 6) is 1.66. The average Bonchev–Trinajstić information content (AvgIpc) is 1.58. The number of carbonyl (C=O) groups excluding carboxylic acids is 4. The number of aryl methyl sites for hydroxylation is 4. The monoisotopic (exact) mass is 1910 g/mol. The second-order valence-electron chi connectivity index (χ2n) is 40.9. The number of aromatic nitrogens is 8. The predicted molar refractivity (Wildman–Crippen MR) is 538 cm³/mol. The molecule has 8 aromatic carbocycles. The minimum Gasteiger partial charge on any atom is -0.378 e. The number of carbonyl (C=O) groups is 4. The van der Waals surface area contributed by atoms with Gasteiger partial charge in [0, 0.05) is 151 Å². The number of para-hydroxylation sites is 4. The Morgan fingerprint density at radius 3 is 0.936 bits per heavy atom. The number of thioether (sulfide) groups is 1. The highest BCUT2D eigenvalue weighted by atomic mass is 32.2. The predicted octanol–water partition coefficient (Wildman–Crippen LogP) is 18.1. The van der Waals surface area contributed by atoms with E-state index in [0.29, 0.717) is 72.7 Å². The van der Waals surface area contributed by atoms with Gasteiger partial charge in [0.1, 0.15) is 29.4 Å². The highest BCUT2D eigenvalue weighted by Crippen LogP contribution is 2.55. The number of nitrogens with zero attached hydrogens (tertiary/aromatic N) is 17. The molecule has 4 amide bonds. The summed E-state index contributed by atoms with van der Waals surface area (Å²) in [5.41, 5.74) is 14.6. The molecular formula is C112H124F5N17O5S. The number of anilines is 4. The van der Waals surface area contributed by atoms with Crippen LogP contribution in [0.15, 0.2) is 219 Å². The molecule has 15 heterocycles. The molecule has 7 saturated heterocycles. The smallest absolute Gasteiger partial charge is 0.238 e. The number of benzene rings is 8. The first kappa shape index (κ1) is 94.5. The van der Waals surface area contributed by atoms with Crippen LogP contribution in [0, 0.1) is 23.3 Å². The van der Waals surface area contributed by atoms with Gasteiger partial charge in [0.05, 0.1) is 91.9 Å². The van der Waals surface area contributed by atoms with Gasteiger partial charge in [0.15, 0.2) is 0 Å². The van der Waals surface area contributed by atoms with Crippen LogP contribution in [0.3, 0.4) is 0 Å². The molecule has 1 saturated carbocycles. The molecule has 12 aromatic rings. The highest BCUT2D eigenvalue weighted by Gasteiger charge is 2.58. The molecule has 4 unspecified atom stereocenters. The molecule has 0 N–H and O–H groups in total. The van der Waals surface area contributed by atoms with Gasteiger partial charge in [-0.15, -0.1) is 0 Å². The summed E-state index contributed by atoms with van der Waals surface area (Å²) in [6.07, 6.45) is 28.5. The first-order chi connectivity index (χ1) is 68.0. The third-order valence-corrected chi connectivity index (χ3v) is 34.0. The van der Waals surface area contributed by atoms with Crippen molar-refractivity contribution in [2.75, 3.05) is 117 Å². The molecule has 140 heavy (non-hydrogen) atoms. The van der Waals surface area contributed by atoms with Crippen molar-refractivity contribution in [2.24, 2.45) is 28.2 Å². The first-order valence-electron chi connectivity index (χ1n) is 50.2. The van der Waals surface area contributed by atoms with Crippen LogP contribution in [-0.4, -0.2) is 215 Å². The standard InChI is InChI=1S/C29H32F2N4O.C29H34FN5O.C28H31FN4OS.C26H27FN4O2/c1-33-18-22(17-32-33)20-10-11-21(25(31)16-20)19-35-26-8-4-2-6-23(26)29(28(35)36)12-14-34(15-13-29)27-9-5-3-7-24(27)30;1-32-13-5-6-24(20-32)34-14-11-29(12-15-34)25-7-3-4-8-27(25)35(28(29)36)19-22-10-9-21(16-26(22)30)23-17-31-33(2)18-23;1-31-17-22(16-30-31)20-8-9-21(25(29)15-20)18-33-26-7-3-2-6-24(26)28(27(33)34)10-12-32(13-11-28)23-5-4-14-35-19-23;1-29-14-20(13-28-29)18-6-7-19(23(27)12-18)15-31-24-5-3-2-4-22(24)26(25(31)32)8-10-30(11-9-26)21-16-33-17-21/h2,4,6,8,10-11,16-18,24,27H,3,5,7,9,12-15,19H2,1H3;3-4,7-10,16-18,24H,5-6,11-15,19-20H2,1-2H3;2-3,6-9,15-17,23H,4-5,10-14,18-19H2,1H3;2-7,12-14,21H,8-11,15-17H2,1H3. The van der Waals surface area contributed by atoms with Gasteiger partial charge < -0.3 is 29.2 Å². The molecule has 8 fully saturated rings. The second-order valence-corrected chi connectivity index (χ2v) is 42.1. The molecule has 12 aliphatic rings. The van der Waals surface area contributed by atoms with Crippen molar-refractivity contribution >= 4 is 58.1 Å². The minimum atomic E-state index is -0.770. The summed E-state index contributed by atoms with van der Waals surface area (Å²) in [6, 6.07) is 54.9. The van der Waals surface area contributed by atoms with Crippen molar-refractivity contribution in [3.8, 4) is 44.5 Å². The Hall–Kier alpha value is -11.8. The van der Waals surface area contributed by atoms with Crippen LogP contribution >= 0.6 is 11.8 Å². The van der Waals surface area contributed by atoms with Gasteiger partial charge >= 0.3 is 0 Å². The topological polar surface area (TPSA) is 178 Å².